The molecule has 1 aliphatic heterocycles. The molecule has 112 valence electrons. The number of imidazole rings is 1. The van der Waals surface area contributed by atoms with E-state index in [-0.39, 0.29) is 0 Å². The van der Waals surface area contributed by atoms with Crippen LogP contribution in [0.15, 0.2) is 59.1 Å². The quantitative estimate of drug-likeness (QED) is 0.688. The molecule has 2 aromatic carbocycles. The summed E-state index contributed by atoms with van der Waals surface area (Å²) < 4.78 is 1.98. The molecule has 0 unspecified atom stereocenters. The highest BCUT2D eigenvalue weighted by Gasteiger charge is 2.20. The Labute approximate surface area is 138 Å². The zero-order valence-electron chi connectivity index (χ0n) is 12.6. The molecule has 4 nitrogen and oxygen atoms in total. The number of para-hydroxylation sites is 3. The Morgan fingerprint density at radius 1 is 1.22 bits per heavy atom. The van der Waals surface area contributed by atoms with E-state index < -0.39 is 0 Å². The van der Waals surface area contributed by atoms with Gasteiger partial charge in [0.2, 0.25) is 0 Å². The summed E-state index contributed by atoms with van der Waals surface area (Å²) in [6.07, 6.45) is 0. The molecule has 1 aromatic heterocycles. The monoisotopic (exact) mass is 318 g/mol. The third-order valence-corrected chi connectivity index (χ3v) is 5.07. The molecule has 0 saturated carbocycles. The molecule has 0 amide bonds. The number of nitrogens with one attached hydrogen (secondary N) is 1. The van der Waals surface area contributed by atoms with E-state index in [1.807, 2.05) is 54.1 Å². The van der Waals surface area contributed by atoms with Gasteiger partial charge >= 0.3 is 0 Å². The number of hydrogen-bond acceptors (Lipinski definition) is 4. The minimum absolute atomic E-state index is 0.603. The number of hydrogen-bond donors (Lipinski definition) is 1. The molecule has 2 heterocycles. The number of fused-ring (bicyclic) bond motifs is 2. The van der Waals surface area contributed by atoms with Crippen molar-refractivity contribution >= 4 is 34.1 Å². The standard InChI is InChI=1S/C18H14N4S/c1-22-16-8-4-2-6-13(16)21-18(22)12(10-19)15-11-23-17-9-5-3-7-14(17)20-15/h2-9,20H,11H2,1H3/b15-12-. The molecule has 0 fully saturated rings. The lowest BCUT2D eigenvalue weighted by Gasteiger charge is -2.21. The van der Waals surface area contributed by atoms with Crippen LogP contribution < -0.4 is 5.32 Å². The Kier molecular flexibility index (Phi) is 3.32. The molecule has 3 aromatic rings. The number of thioether (sulfide) groups is 1. The van der Waals surface area contributed by atoms with Gasteiger partial charge in [0, 0.05) is 23.4 Å². The van der Waals surface area contributed by atoms with Crippen molar-refractivity contribution in [3.05, 3.63) is 60.1 Å². The van der Waals surface area contributed by atoms with Crippen molar-refractivity contribution in [3.8, 4) is 6.07 Å². The maximum Gasteiger partial charge on any atom is 0.153 e. The van der Waals surface area contributed by atoms with Crippen LogP contribution >= 0.6 is 11.8 Å². The van der Waals surface area contributed by atoms with E-state index in [0.717, 1.165) is 28.2 Å². The molecule has 0 atom stereocenters. The Bertz CT molecular complexity index is 978. The first-order valence-electron chi connectivity index (χ1n) is 7.32. The number of allylic oxidation sites excluding steroid dienone is 1. The van der Waals surface area contributed by atoms with Crippen LogP contribution in [0.4, 0.5) is 5.69 Å². The summed E-state index contributed by atoms with van der Waals surface area (Å²) in [5.41, 5.74) is 4.49. The van der Waals surface area contributed by atoms with Crippen LogP contribution in [0.3, 0.4) is 0 Å². The maximum absolute atomic E-state index is 9.72. The predicted octanol–water partition coefficient (Wildman–Crippen LogP) is 4.03. The number of nitrogens with zero attached hydrogens (tertiary/aromatic N) is 3. The van der Waals surface area contributed by atoms with Crippen LogP contribution in [-0.2, 0) is 7.05 Å². The van der Waals surface area contributed by atoms with Crippen molar-refractivity contribution in [3.63, 3.8) is 0 Å². The minimum atomic E-state index is 0.603. The van der Waals surface area contributed by atoms with E-state index in [1.54, 1.807) is 11.8 Å². The maximum atomic E-state index is 9.72. The van der Waals surface area contributed by atoms with Gasteiger partial charge in [0.25, 0.3) is 0 Å². The molecule has 0 aliphatic carbocycles. The summed E-state index contributed by atoms with van der Waals surface area (Å²) >= 11 is 1.74. The van der Waals surface area contributed by atoms with Gasteiger partial charge < -0.3 is 9.88 Å². The van der Waals surface area contributed by atoms with Gasteiger partial charge in [-0.1, -0.05) is 24.3 Å². The van der Waals surface area contributed by atoms with Gasteiger partial charge in [0.15, 0.2) is 5.82 Å². The van der Waals surface area contributed by atoms with Gasteiger partial charge in [0.1, 0.15) is 11.6 Å². The Morgan fingerprint density at radius 3 is 2.83 bits per heavy atom. The number of aromatic nitrogens is 2. The second-order valence-corrected chi connectivity index (χ2v) is 6.38. The Morgan fingerprint density at radius 2 is 2.00 bits per heavy atom. The second-order valence-electron chi connectivity index (χ2n) is 5.36. The van der Waals surface area contributed by atoms with Crippen molar-refractivity contribution in [1.29, 1.82) is 5.26 Å². The summed E-state index contributed by atoms with van der Waals surface area (Å²) in [6, 6.07) is 18.4. The molecule has 23 heavy (non-hydrogen) atoms. The summed E-state index contributed by atoms with van der Waals surface area (Å²) in [6.45, 7) is 0. The normalized spacial score (nSPS) is 15.7. The average molecular weight is 318 g/mol. The first-order chi connectivity index (χ1) is 11.3. The van der Waals surface area contributed by atoms with E-state index in [1.165, 1.54) is 4.90 Å². The van der Waals surface area contributed by atoms with Crippen LogP contribution in [0.1, 0.15) is 5.82 Å². The van der Waals surface area contributed by atoms with Crippen LogP contribution in [-0.4, -0.2) is 15.3 Å². The van der Waals surface area contributed by atoms with Gasteiger partial charge in [-0.3, -0.25) is 0 Å². The smallest absolute Gasteiger partial charge is 0.153 e. The fourth-order valence-electron chi connectivity index (χ4n) is 2.80. The van der Waals surface area contributed by atoms with Gasteiger partial charge in [-0.25, -0.2) is 4.98 Å². The first kappa shape index (κ1) is 13.9. The van der Waals surface area contributed by atoms with E-state index in [4.69, 9.17) is 0 Å². The molecule has 0 bridgehead atoms. The Balaban J connectivity index is 1.85. The van der Waals surface area contributed by atoms with E-state index in [2.05, 4.69) is 22.4 Å². The largest absolute Gasteiger partial charge is 0.356 e. The highest BCUT2D eigenvalue weighted by Crippen LogP contribution is 2.36. The molecule has 4 rings (SSSR count). The van der Waals surface area contributed by atoms with Gasteiger partial charge in [-0.05, 0) is 24.3 Å². The fraction of sp³-hybridized carbons (Fsp3) is 0.111. The highest BCUT2D eigenvalue weighted by atomic mass is 32.2. The third kappa shape index (κ3) is 2.28. The zero-order chi connectivity index (χ0) is 15.8. The number of anilines is 1. The van der Waals surface area contributed by atoms with Crippen molar-refractivity contribution in [2.24, 2.45) is 7.05 Å². The van der Waals surface area contributed by atoms with Gasteiger partial charge in [0.05, 0.1) is 16.7 Å². The van der Waals surface area contributed by atoms with Crippen LogP contribution in [0, 0.1) is 11.3 Å². The molecule has 0 radical (unpaired) electrons. The lowest BCUT2D eigenvalue weighted by atomic mass is 10.2. The van der Waals surface area contributed by atoms with Gasteiger partial charge in [-0.15, -0.1) is 11.8 Å². The number of aryl methyl sites for hydroxylation is 1. The molecule has 5 heteroatoms. The topological polar surface area (TPSA) is 53.6 Å². The first-order valence-corrected chi connectivity index (χ1v) is 8.30. The number of benzene rings is 2. The zero-order valence-corrected chi connectivity index (χ0v) is 13.4. The molecule has 0 spiro atoms. The van der Waals surface area contributed by atoms with Crippen molar-refractivity contribution < 1.29 is 0 Å². The summed E-state index contributed by atoms with van der Waals surface area (Å²) in [7, 11) is 1.95. The molecular formula is C18H14N4S. The third-order valence-electron chi connectivity index (χ3n) is 3.97. The highest BCUT2D eigenvalue weighted by molar-refractivity contribution is 7.99. The summed E-state index contributed by atoms with van der Waals surface area (Å²) in [5, 5.41) is 13.1. The van der Waals surface area contributed by atoms with Crippen LogP contribution in [0.2, 0.25) is 0 Å². The van der Waals surface area contributed by atoms with Crippen LogP contribution in [0.5, 0.6) is 0 Å². The molecule has 1 aliphatic rings. The number of nitriles is 1. The Hall–Kier alpha value is -2.71. The van der Waals surface area contributed by atoms with Crippen LogP contribution in [0.25, 0.3) is 16.6 Å². The lowest BCUT2D eigenvalue weighted by Crippen LogP contribution is -2.12. The predicted molar refractivity (Wildman–Crippen MR) is 94.0 cm³/mol. The molecule has 0 saturated heterocycles. The molecular weight excluding hydrogens is 304 g/mol. The summed E-state index contributed by atoms with van der Waals surface area (Å²) in [4.78, 5) is 5.85. The number of rotatable bonds is 1. The van der Waals surface area contributed by atoms with E-state index in [9.17, 15) is 5.26 Å². The average Bonchev–Trinajstić information content (AvgIpc) is 2.93. The van der Waals surface area contributed by atoms with E-state index in [0.29, 0.717) is 11.4 Å². The van der Waals surface area contributed by atoms with Crippen molar-refractivity contribution in [2.75, 3.05) is 11.1 Å². The fourth-order valence-corrected chi connectivity index (χ4v) is 3.77. The van der Waals surface area contributed by atoms with Crippen molar-refractivity contribution in [1.82, 2.24) is 9.55 Å². The lowest BCUT2D eigenvalue weighted by molar-refractivity contribution is 0.922. The van der Waals surface area contributed by atoms with E-state index >= 15 is 0 Å². The minimum Gasteiger partial charge on any atom is -0.356 e. The second kappa shape index (κ2) is 5.49. The summed E-state index contributed by atoms with van der Waals surface area (Å²) in [5.74, 6) is 1.44. The molecule has 1 N–H and O–H groups in total. The van der Waals surface area contributed by atoms with Gasteiger partial charge in [-0.2, -0.15) is 5.26 Å². The van der Waals surface area contributed by atoms with Crippen molar-refractivity contribution in [2.45, 2.75) is 4.90 Å². The SMILES string of the molecule is Cn1c(/C(C#N)=C2/CSc3ccccc3N2)nc2ccccc21.